The molecule has 0 amide bonds. The van der Waals surface area contributed by atoms with Gasteiger partial charge in [0.05, 0.1) is 27.8 Å². The molecule has 0 saturated heterocycles. The zero-order valence-electron chi connectivity index (χ0n) is 36.9. The molecule has 0 radical (unpaired) electrons. The minimum absolute atomic E-state index is 0.563. The maximum absolute atomic E-state index is 5.31. The van der Waals surface area contributed by atoms with Crippen molar-refractivity contribution in [2.45, 2.75) is 0 Å². The maximum Gasteiger partial charge on any atom is 0.238 e. The summed E-state index contributed by atoms with van der Waals surface area (Å²) in [4.78, 5) is 15.7. The van der Waals surface area contributed by atoms with E-state index >= 15 is 0 Å². The monoisotopic (exact) mass is 867 g/mol. The third-order valence-corrected chi connectivity index (χ3v) is 13.2. The Morgan fingerprint density at radius 3 is 1.19 bits per heavy atom. The third-order valence-electron chi connectivity index (χ3n) is 13.2. The van der Waals surface area contributed by atoms with Crippen molar-refractivity contribution >= 4 is 43.6 Å². The highest BCUT2D eigenvalue weighted by atomic mass is 15.2. The Kier molecular flexibility index (Phi) is 9.43. The highest BCUT2D eigenvalue weighted by Gasteiger charge is 2.24. The molecule has 318 valence electrons. The summed E-state index contributed by atoms with van der Waals surface area (Å²) < 4.78 is 4.68. The first-order valence-electron chi connectivity index (χ1n) is 23.0. The fraction of sp³-hybridized carbons (Fsp3) is 0. The van der Waals surface area contributed by atoms with Crippen LogP contribution in [0.5, 0.6) is 0 Å². The maximum atomic E-state index is 5.31. The molecule has 0 atom stereocenters. The van der Waals surface area contributed by atoms with Gasteiger partial charge in [0.25, 0.3) is 0 Å². The van der Waals surface area contributed by atoms with E-state index in [1.807, 2.05) is 24.3 Å². The minimum Gasteiger partial charge on any atom is -0.309 e. The van der Waals surface area contributed by atoms with Crippen LogP contribution in [0.1, 0.15) is 0 Å². The van der Waals surface area contributed by atoms with Gasteiger partial charge in [-0.3, -0.25) is 4.57 Å². The molecule has 0 aliphatic heterocycles. The second kappa shape index (κ2) is 16.4. The van der Waals surface area contributed by atoms with Crippen molar-refractivity contribution in [2.24, 2.45) is 0 Å². The molecular formula is C63H41N5. The first-order valence-corrected chi connectivity index (χ1v) is 23.0. The molecule has 0 spiro atoms. The summed E-state index contributed by atoms with van der Waals surface area (Å²) >= 11 is 0. The highest BCUT2D eigenvalue weighted by Crippen LogP contribution is 2.44. The van der Waals surface area contributed by atoms with Crippen molar-refractivity contribution in [1.29, 1.82) is 0 Å². The Morgan fingerprint density at radius 1 is 0.250 bits per heavy atom. The van der Waals surface area contributed by atoms with Crippen LogP contribution in [0.2, 0.25) is 0 Å². The van der Waals surface area contributed by atoms with Gasteiger partial charge in [0.15, 0.2) is 11.6 Å². The number of fused-ring (bicyclic) bond motifs is 7. The molecule has 13 aromatic rings. The van der Waals surface area contributed by atoms with Gasteiger partial charge in [0.2, 0.25) is 5.95 Å². The molecule has 5 heteroatoms. The number of hydrogen-bond acceptors (Lipinski definition) is 3. The normalized spacial score (nSPS) is 11.5. The van der Waals surface area contributed by atoms with Gasteiger partial charge in [-0.25, -0.2) is 4.98 Å². The Balaban J connectivity index is 1.04. The number of para-hydroxylation sites is 3. The molecule has 3 heterocycles. The Hall–Kier alpha value is -9.19. The molecule has 0 N–H and O–H groups in total. The Morgan fingerprint density at radius 2 is 0.632 bits per heavy atom. The summed E-state index contributed by atoms with van der Waals surface area (Å²) in [6.45, 7) is 0. The highest BCUT2D eigenvalue weighted by molar-refractivity contribution is 6.29. The van der Waals surface area contributed by atoms with Gasteiger partial charge in [-0.2, -0.15) is 9.97 Å². The van der Waals surface area contributed by atoms with Crippen molar-refractivity contribution in [1.82, 2.24) is 24.1 Å². The summed E-state index contributed by atoms with van der Waals surface area (Å²) in [5.74, 6) is 1.79. The van der Waals surface area contributed by atoms with Crippen molar-refractivity contribution in [3.8, 4) is 78.9 Å². The molecule has 0 saturated carbocycles. The van der Waals surface area contributed by atoms with E-state index in [0.717, 1.165) is 71.9 Å². The second-order valence-electron chi connectivity index (χ2n) is 17.2. The molecule has 0 unspecified atom stereocenters. The lowest BCUT2D eigenvalue weighted by molar-refractivity contribution is 0.953. The molecule has 68 heavy (non-hydrogen) atoms. The van der Waals surface area contributed by atoms with Gasteiger partial charge in [0.1, 0.15) is 0 Å². The number of hydrogen-bond donors (Lipinski definition) is 0. The fourth-order valence-electron chi connectivity index (χ4n) is 10.0. The summed E-state index contributed by atoms with van der Waals surface area (Å²) in [6.07, 6.45) is 0. The lowest BCUT2D eigenvalue weighted by Crippen LogP contribution is -2.06. The minimum atomic E-state index is 0.563. The van der Waals surface area contributed by atoms with Crippen LogP contribution in [-0.4, -0.2) is 24.1 Å². The van der Waals surface area contributed by atoms with Crippen LogP contribution < -0.4 is 0 Å². The Bertz CT molecular complexity index is 3930. The van der Waals surface area contributed by atoms with E-state index in [4.69, 9.17) is 15.0 Å². The van der Waals surface area contributed by atoms with Crippen LogP contribution in [-0.2, 0) is 0 Å². The van der Waals surface area contributed by atoms with Crippen molar-refractivity contribution in [2.75, 3.05) is 0 Å². The van der Waals surface area contributed by atoms with E-state index in [1.165, 1.54) is 33.0 Å². The van der Waals surface area contributed by atoms with Crippen LogP contribution in [0.4, 0.5) is 0 Å². The van der Waals surface area contributed by atoms with Crippen molar-refractivity contribution in [3.63, 3.8) is 0 Å². The van der Waals surface area contributed by atoms with E-state index in [2.05, 4.69) is 234 Å². The molecule has 0 fully saturated rings. The first-order chi connectivity index (χ1) is 33.7. The van der Waals surface area contributed by atoms with Crippen LogP contribution in [0.15, 0.2) is 249 Å². The molecule has 10 aromatic carbocycles. The lowest BCUT2D eigenvalue weighted by Gasteiger charge is -2.16. The molecule has 0 aliphatic rings. The molecule has 5 nitrogen and oxygen atoms in total. The zero-order chi connectivity index (χ0) is 45.0. The van der Waals surface area contributed by atoms with E-state index < -0.39 is 0 Å². The first kappa shape index (κ1) is 39.2. The Labute approximate surface area is 393 Å². The van der Waals surface area contributed by atoms with E-state index in [1.54, 1.807) is 0 Å². The molecule has 13 rings (SSSR count). The molecule has 3 aromatic heterocycles. The van der Waals surface area contributed by atoms with Gasteiger partial charge in [-0.1, -0.05) is 200 Å². The summed E-state index contributed by atoms with van der Waals surface area (Å²) in [7, 11) is 0. The predicted octanol–water partition coefficient (Wildman–Crippen LogP) is 16.1. The van der Waals surface area contributed by atoms with Gasteiger partial charge in [-0.15, -0.1) is 0 Å². The molecule has 0 bridgehead atoms. The average molecular weight is 868 g/mol. The van der Waals surface area contributed by atoms with E-state index in [-0.39, 0.29) is 0 Å². The van der Waals surface area contributed by atoms with Crippen LogP contribution in [0.3, 0.4) is 0 Å². The second-order valence-corrected chi connectivity index (χ2v) is 17.2. The number of aromatic nitrogens is 5. The van der Waals surface area contributed by atoms with Crippen LogP contribution in [0, 0.1) is 0 Å². The van der Waals surface area contributed by atoms with Crippen molar-refractivity contribution in [3.05, 3.63) is 249 Å². The van der Waals surface area contributed by atoms with Crippen LogP contribution >= 0.6 is 0 Å². The summed E-state index contributed by atoms with van der Waals surface area (Å²) in [5, 5.41) is 4.63. The van der Waals surface area contributed by atoms with E-state index in [0.29, 0.717) is 17.6 Å². The van der Waals surface area contributed by atoms with Gasteiger partial charge >= 0.3 is 0 Å². The van der Waals surface area contributed by atoms with Crippen LogP contribution in [0.25, 0.3) is 123 Å². The summed E-state index contributed by atoms with van der Waals surface area (Å²) in [6, 6.07) is 88.3. The molecule has 0 aliphatic carbocycles. The zero-order valence-corrected chi connectivity index (χ0v) is 36.9. The SMILES string of the molecule is c1ccc(-c2ccc(-c3nc(-c4ccccc4)nc(-n4c5ccccc5c5c6c7ccccc7n(-c7ccccc7-c7cc(-c8ccccc8)cc(-c8ccccc8)c7)c6ccc54)n3)cc2)cc1. The van der Waals surface area contributed by atoms with E-state index in [9.17, 15) is 0 Å². The van der Waals surface area contributed by atoms with Gasteiger partial charge < -0.3 is 4.57 Å². The predicted molar refractivity (Wildman–Crippen MR) is 281 cm³/mol. The number of nitrogens with zero attached hydrogens (tertiary/aromatic N) is 5. The van der Waals surface area contributed by atoms with Crippen molar-refractivity contribution < 1.29 is 0 Å². The largest absolute Gasteiger partial charge is 0.309 e. The standard InChI is InChI=1S/C63H41N5/c1-5-19-42(20-6-1)45-33-35-47(36-34-45)62-64-61(46-25-11-4-12-26-46)65-63(66-62)68-56-32-18-15-29-53(56)60-58(68)38-37-57-59(60)52-28-14-17-31-55(52)67(57)54-30-16-13-27-51(54)50-40-48(43-21-7-2-8-22-43)39-49(41-50)44-23-9-3-10-24-44/h1-41H. The number of benzene rings is 10. The third kappa shape index (κ3) is 6.68. The average Bonchev–Trinajstić information content (AvgIpc) is 3.94. The lowest BCUT2D eigenvalue weighted by atomic mass is 9.92. The topological polar surface area (TPSA) is 48.5 Å². The van der Waals surface area contributed by atoms with Gasteiger partial charge in [-0.05, 0) is 87.5 Å². The summed E-state index contributed by atoms with van der Waals surface area (Å²) in [5.41, 5.74) is 16.6. The fourth-order valence-corrected chi connectivity index (χ4v) is 10.0. The number of rotatable bonds is 8. The quantitative estimate of drug-likeness (QED) is 0.153. The van der Waals surface area contributed by atoms with Gasteiger partial charge in [0, 0.05) is 38.2 Å². The molecular weight excluding hydrogens is 827 g/mol. The smallest absolute Gasteiger partial charge is 0.238 e.